The van der Waals surface area contributed by atoms with Gasteiger partial charge in [-0.15, -0.1) is 11.8 Å². The Balaban J connectivity index is 1.60. The topological polar surface area (TPSA) is 99.9 Å². The number of hydrogen-bond acceptors (Lipinski definition) is 6. The number of hydrogen-bond donors (Lipinski definition) is 3. The minimum absolute atomic E-state index is 0.153. The molecule has 0 spiro atoms. The summed E-state index contributed by atoms with van der Waals surface area (Å²) in [6.45, 7) is 0.775. The van der Waals surface area contributed by atoms with Crippen molar-refractivity contribution in [3.63, 3.8) is 0 Å². The number of nitrogens with one attached hydrogen (secondary N) is 2. The number of nitrogens with two attached hydrogens (primary N) is 1. The highest BCUT2D eigenvalue weighted by molar-refractivity contribution is 8.04. The van der Waals surface area contributed by atoms with Crippen molar-refractivity contribution < 1.29 is 4.79 Å². The Hall–Kier alpha value is -3.00. The zero-order valence-corrected chi connectivity index (χ0v) is 14.1. The van der Waals surface area contributed by atoms with Crippen LogP contribution in [-0.4, -0.2) is 33.2 Å². The summed E-state index contributed by atoms with van der Waals surface area (Å²) in [7, 11) is 0. The Morgan fingerprint density at radius 1 is 1.32 bits per heavy atom. The number of aromatic nitrogens is 3. The highest BCUT2D eigenvalue weighted by atomic mass is 32.2. The SMILES string of the molecule is Nc1cccc(NC(=O)C2=CN(c3ncnc4[nH]ccc34)CCS2)c1. The number of rotatable bonds is 3. The van der Waals surface area contributed by atoms with Crippen molar-refractivity contribution in [2.45, 2.75) is 0 Å². The zero-order chi connectivity index (χ0) is 17.2. The van der Waals surface area contributed by atoms with Gasteiger partial charge in [0.05, 0.1) is 10.3 Å². The Kier molecular flexibility index (Phi) is 4.02. The van der Waals surface area contributed by atoms with E-state index in [-0.39, 0.29) is 5.91 Å². The first-order valence-corrected chi connectivity index (χ1v) is 8.75. The van der Waals surface area contributed by atoms with E-state index in [1.165, 1.54) is 18.1 Å². The number of carbonyl (C=O) groups excluding carboxylic acids is 1. The molecule has 1 aliphatic rings. The first-order valence-electron chi connectivity index (χ1n) is 7.77. The van der Waals surface area contributed by atoms with Gasteiger partial charge in [-0.2, -0.15) is 0 Å². The third kappa shape index (κ3) is 3.16. The second-order valence-corrected chi connectivity index (χ2v) is 6.69. The molecule has 4 N–H and O–H groups in total. The largest absolute Gasteiger partial charge is 0.399 e. The molecule has 8 heteroatoms. The lowest BCUT2D eigenvalue weighted by Gasteiger charge is -2.25. The molecule has 0 saturated heterocycles. The van der Waals surface area contributed by atoms with Gasteiger partial charge in [-0.1, -0.05) is 6.07 Å². The van der Waals surface area contributed by atoms with E-state index in [1.54, 1.807) is 12.1 Å². The van der Waals surface area contributed by atoms with Crippen LogP contribution in [0.1, 0.15) is 0 Å². The number of nitrogens with zero attached hydrogens (tertiary/aromatic N) is 3. The summed E-state index contributed by atoms with van der Waals surface area (Å²) in [5.74, 6) is 1.44. The van der Waals surface area contributed by atoms with E-state index >= 15 is 0 Å². The lowest BCUT2D eigenvalue weighted by atomic mass is 10.3. The number of aromatic amines is 1. The van der Waals surface area contributed by atoms with Crippen molar-refractivity contribution >= 4 is 45.9 Å². The van der Waals surface area contributed by atoms with Crippen LogP contribution in [0.4, 0.5) is 17.2 Å². The number of amides is 1. The molecule has 1 amide bonds. The van der Waals surface area contributed by atoms with Crippen LogP contribution < -0.4 is 16.0 Å². The smallest absolute Gasteiger partial charge is 0.263 e. The van der Waals surface area contributed by atoms with Gasteiger partial charge in [-0.3, -0.25) is 4.79 Å². The summed E-state index contributed by atoms with van der Waals surface area (Å²) >= 11 is 1.53. The average Bonchev–Trinajstić information content (AvgIpc) is 3.10. The van der Waals surface area contributed by atoms with Gasteiger partial charge >= 0.3 is 0 Å². The number of benzene rings is 1. The molecule has 0 radical (unpaired) electrons. The van der Waals surface area contributed by atoms with E-state index in [4.69, 9.17) is 5.73 Å². The lowest BCUT2D eigenvalue weighted by molar-refractivity contribution is -0.112. The predicted molar refractivity (Wildman–Crippen MR) is 101 cm³/mol. The quantitative estimate of drug-likeness (QED) is 0.627. The molecule has 2 aromatic heterocycles. The molecule has 0 bridgehead atoms. The third-order valence-electron chi connectivity index (χ3n) is 3.84. The molecule has 0 fully saturated rings. The summed E-state index contributed by atoms with van der Waals surface area (Å²) in [6.07, 6.45) is 5.19. The fourth-order valence-corrected chi connectivity index (χ4v) is 3.58. The number of carbonyl (C=O) groups is 1. The van der Waals surface area contributed by atoms with E-state index in [9.17, 15) is 4.79 Å². The fourth-order valence-electron chi connectivity index (χ4n) is 2.69. The summed E-state index contributed by atoms with van der Waals surface area (Å²) in [5, 5.41) is 3.81. The number of thioether (sulfide) groups is 1. The molecule has 3 aromatic rings. The summed E-state index contributed by atoms with van der Waals surface area (Å²) in [6, 6.07) is 9.07. The Morgan fingerprint density at radius 3 is 3.12 bits per heavy atom. The monoisotopic (exact) mass is 352 g/mol. The molecule has 0 aliphatic carbocycles. The van der Waals surface area contributed by atoms with Crippen LogP contribution in [0.2, 0.25) is 0 Å². The van der Waals surface area contributed by atoms with E-state index in [2.05, 4.69) is 20.3 Å². The van der Waals surface area contributed by atoms with Crippen LogP contribution >= 0.6 is 11.8 Å². The standard InChI is InChI=1S/C17H16N6OS/c18-11-2-1-3-12(8-11)22-17(24)14-9-23(6-7-25-14)16-13-4-5-19-15(13)20-10-21-16/h1-5,8-10H,6-7,18H2,(H,22,24)(H,19,20,21). The number of anilines is 3. The molecule has 3 heterocycles. The molecular formula is C17H16N6OS. The van der Waals surface area contributed by atoms with Gasteiger partial charge in [0.25, 0.3) is 5.91 Å². The summed E-state index contributed by atoms with van der Waals surface area (Å²) in [5.41, 5.74) is 7.83. The maximum Gasteiger partial charge on any atom is 0.263 e. The summed E-state index contributed by atoms with van der Waals surface area (Å²) in [4.78, 5) is 26.9. The lowest BCUT2D eigenvalue weighted by Crippen LogP contribution is -2.27. The van der Waals surface area contributed by atoms with Crippen molar-refractivity contribution in [3.05, 3.63) is 54.0 Å². The van der Waals surface area contributed by atoms with Crippen molar-refractivity contribution in [3.8, 4) is 0 Å². The normalized spacial score (nSPS) is 14.4. The second kappa shape index (κ2) is 6.48. The second-order valence-electron chi connectivity index (χ2n) is 5.55. The zero-order valence-electron chi connectivity index (χ0n) is 13.3. The van der Waals surface area contributed by atoms with E-state index in [0.717, 1.165) is 29.1 Å². The van der Waals surface area contributed by atoms with Gasteiger partial charge in [-0.05, 0) is 24.3 Å². The molecule has 1 aliphatic heterocycles. The van der Waals surface area contributed by atoms with Gasteiger partial charge in [-0.25, -0.2) is 9.97 Å². The molecule has 7 nitrogen and oxygen atoms in total. The first-order chi connectivity index (χ1) is 12.2. The Bertz CT molecular complexity index is 966. The Morgan fingerprint density at radius 2 is 2.24 bits per heavy atom. The van der Waals surface area contributed by atoms with Crippen molar-refractivity contribution in [1.82, 2.24) is 15.0 Å². The minimum Gasteiger partial charge on any atom is -0.399 e. The molecule has 0 saturated carbocycles. The van der Waals surface area contributed by atoms with Crippen molar-refractivity contribution in [2.75, 3.05) is 28.2 Å². The van der Waals surface area contributed by atoms with Crippen LogP contribution in [0.5, 0.6) is 0 Å². The van der Waals surface area contributed by atoms with E-state index in [1.807, 2.05) is 35.5 Å². The molecule has 126 valence electrons. The van der Waals surface area contributed by atoms with Crippen LogP contribution in [0, 0.1) is 0 Å². The predicted octanol–water partition coefficient (Wildman–Crippen LogP) is 2.57. The van der Waals surface area contributed by atoms with Gasteiger partial charge in [0.15, 0.2) is 0 Å². The maximum absolute atomic E-state index is 12.6. The van der Waals surface area contributed by atoms with Crippen molar-refractivity contribution in [1.29, 1.82) is 0 Å². The average molecular weight is 352 g/mol. The molecular weight excluding hydrogens is 336 g/mol. The van der Waals surface area contributed by atoms with Crippen molar-refractivity contribution in [2.24, 2.45) is 0 Å². The summed E-state index contributed by atoms with van der Waals surface area (Å²) < 4.78 is 0. The Labute approximate surface area is 148 Å². The van der Waals surface area contributed by atoms with Crippen LogP contribution in [0.15, 0.2) is 54.0 Å². The molecule has 25 heavy (non-hydrogen) atoms. The van der Waals surface area contributed by atoms with Crippen LogP contribution in [-0.2, 0) is 4.79 Å². The van der Waals surface area contributed by atoms with Gasteiger partial charge in [0.2, 0.25) is 0 Å². The first kappa shape index (κ1) is 15.5. The minimum atomic E-state index is -0.153. The molecule has 0 atom stereocenters. The number of H-pyrrole nitrogens is 1. The molecule has 0 unspecified atom stereocenters. The van der Waals surface area contributed by atoms with Crippen LogP contribution in [0.3, 0.4) is 0 Å². The third-order valence-corrected chi connectivity index (χ3v) is 4.82. The van der Waals surface area contributed by atoms with Crippen LogP contribution in [0.25, 0.3) is 11.0 Å². The van der Waals surface area contributed by atoms with Gasteiger partial charge < -0.3 is 20.9 Å². The molecule has 1 aromatic carbocycles. The van der Waals surface area contributed by atoms with Gasteiger partial charge in [0.1, 0.15) is 17.8 Å². The fraction of sp³-hybridized carbons (Fsp3) is 0.118. The van der Waals surface area contributed by atoms with E-state index < -0.39 is 0 Å². The molecule has 4 rings (SSSR count). The highest BCUT2D eigenvalue weighted by Gasteiger charge is 2.20. The van der Waals surface area contributed by atoms with Gasteiger partial charge in [0, 0.05) is 36.1 Å². The highest BCUT2D eigenvalue weighted by Crippen LogP contribution is 2.29. The number of fused-ring (bicyclic) bond motifs is 1. The number of nitrogen functional groups attached to an aromatic ring is 1. The maximum atomic E-state index is 12.6. The van der Waals surface area contributed by atoms with E-state index in [0.29, 0.717) is 16.3 Å².